The largest absolute Gasteiger partial charge is 0.338 e. The molecule has 1 aliphatic rings. The average Bonchev–Trinajstić information content (AvgIpc) is 3.17. The van der Waals surface area contributed by atoms with Crippen molar-refractivity contribution in [1.82, 2.24) is 25.6 Å². The molecule has 0 aliphatic heterocycles. The highest BCUT2D eigenvalue weighted by molar-refractivity contribution is 5.73. The smallest absolute Gasteiger partial charge is 0.315 e. The molecular formula is C15H19N5O. The van der Waals surface area contributed by atoms with E-state index in [2.05, 4.69) is 45.1 Å². The molecule has 1 aliphatic carbocycles. The lowest BCUT2D eigenvalue weighted by Crippen LogP contribution is -2.36. The maximum absolute atomic E-state index is 11.7. The van der Waals surface area contributed by atoms with E-state index in [1.54, 1.807) is 13.2 Å². The Morgan fingerprint density at radius 2 is 2.14 bits per heavy atom. The molecule has 6 heteroatoms. The predicted octanol–water partition coefficient (Wildman–Crippen LogP) is 1.42. The van der Waals surface area contributed by atoms with Crippen molar-refractivity contribution in [3.05, 3.63) is 47.8 Å². The van der Waals surface area contributed by atoms with Crippen molar-refractivity contribution in [1.29, 1.82) is 0 Å². The first kappa shape index (κ1) is 13.6. The first-order chi connectivity index (χ1) is 10.2. The summed E-state index contributed by atoms with van der Waals surface area (Å²) in [6, 6.07) is 10.3. The third-order valence-electron chi connectivity index (χ3n) is 3.75. The molecule has 1 saturated carbocycles. The summed E-state index contributed by atoms with van der Waals surface area (Å²) in [6.07, 6.45) is 2.79. The summed E-state index contributed by atoms with van der Waals surface area (Å²) in [5, 5.41) is 13.8. The summed E-state index contributed by atoms with van der Waals surface area (Å²) >= 11 is 0. The number of carbonyl (C=O) groups excluding carboxylic acids is 1. The van der Waals surface area contributed by atoms with Crippen LogP contribution < -0.4 is 10.6 Å². The average molecular weight is 285 g/mol. The molecule has 3 rings (SSSR count). The summed E-state index contributed by atoms with van der Waals surface area (Å²) in [5.41, 5.74) is 2.12. The predicted molar refractivity (Wildman–Crippen MR) is 78.5 cm³/mol. The molecule has 0 unspecified atom stereocenters. The van der Waals surface area contributed by atoms with Crippen molar-refractivity contribution in [3.63, 3.8) is 0 Å². The van der Waals surface area contributed by atoms with E-state index in [1.807, 2.05) is 6.07 Å². The van der Waals surface area contributed by atoms with Crippen molar-refractivity contribution in [2.24, 2.45) is 13.0 Å². The van der Waals surface area contributed by atoms with Crippen LogP contribution >= 0.6 is 0 Å². The molecule has 2 amide bonds. The van der Waals surface area contributed by atoms with E-state index < -0.39 is 0 Å². The van der Waals surface area contributed by atoms with E-state index >= 15 is 0 Å². The molecule has 0 saturated heterocycles. The van der Waals surface area contributed by atoms with Crippen LogP contribution in [0.5, 0.6) is 0 Å². The summed E-state index contributed by atoms with van der Waals surface area (Å²) in [4.78, 5) is 13.2. The summed E-state index contributed by atoms with van der Waals surface area (Å²) in [7, 11) is 1.75. The minimum Gasteiger partial charge on any atom is -0.338 e. The molecule has 2 N–H and O–H groups in total. The molecule has 1 aromatic carbocycles. The van der Waals surface area contributed by atoms with Gasteiger partial charge in [0.1, 0.15) is 5.69 Å². The van der Waals surface area contributed by atoms with Crippen LogP contribution in [0.4, 0.5) is 4.79 Å². The summed E-state index contributed by atoms with van der Waals surface area (Å²) < 4.78 is 0. The summed E-state index contributed by atoms with van der Waals surface area (Å²) in [6.45, 7) is 1.11. The number of amides is 2. The van der Waals surface area contributed by atoms with Crippen LogP contribution in [0.15, 0.2) is 36.5 Å². The van der Waals surface area contributed by atoms with Gasteiger partial charge < -0.3 is 10.6 Å². The Balaban J connectivity index is 1.37. The minimum atomic E-state index is -0.153. The third kappa shape index (κ3) is 3.59. The Kier molecular flexibility index (Phi) is 3.85. The van der Waals surface area contributed by atoms with Crippen LogP contribution in [0.2, 0.25) is 0 Å². The van der Waals surface area contributed by atoms with Crippen molar-refractivity contribution in [3.8, 4) is 0 Å². The second-order valence-electron chi connectivity index (χ2n) is 5.40. The highest BCUT2D eigenvalue weighted by atomic mass is 16.2. The van der Waals surface area contributed by atoms with Crippen LogP contribution in [-0.2, 0) is 13.6 Å². The van der Waals surface area contributed by atoms with E-state index in [1.165, 1.54) is 10.4 Å². The monoisotopic (exact) mass is 285 g/mol. The maximum atomic E-state index is 11.7. The van der Waals surface area contributed by atoms with E-state index in [4.69, 9.17) is 0 Å². The third-order valence-corrected chi connectivity index (χ3v) is 3.75. The quantitative estimate of drug-likeness (QED) is 0.872. The molecule has 110 valence electrons. The van der Waals surface area contributed by atoms with Crippen molar-refractivity contribution in [2.75, 3.05) is 6.54 Å². The van der Waals surface area contributed by atoms with Gasteiger partial charge in [-0.25, -0.2) is 4.79 Å². The molecular weight excluding hydrogens is 266 g/mol. The van der Waals surface area contributed by atoms with Gasteiger partial charge >= 0.3 is 6.03 Å². The zero-order valence-electron chi connectivity index (χ0n) is 12.0. The number of aromatic nitrogens is 3. The molecule has 6 nitrogen and oxygen atoms in total. The van der Waals surface area contributed by atoms with Gasteiger partial charge in [0.2, 0.25) is 0 Å². The van der Waals surface area contributed by atoms with Crippen LogP contribution in [0.1, 0.15) is 23.6 Å². The SMILES string of the molecule is Cn1ncc(CNC(=O)NC[C@@H]2C[C@H]2c2ccccc2)n1. The number of hydrogen-bond acceptors (Lipinski definition) is 3. The van der Waals surface area contributed by atoms with Gasteiger partial charge in [0.05, 0.1) is 12.7 Å². The van der Waals surface area contributed by atoms with Gasteiger partial charge in [-0.1, -0.05) is 30.3 Å². The molecule has 1 fully saturated rings. The first-order valence-electron chi connectivity index (χ1n) is 7.14. The lowest BCUT2D eigenvalue weighted by Gasteiger charge is -2.06. The second-order valence-corrected chi connectivity index (χ2v) is 5.40. The standard InChI is InChI=1S/C15H19N5O/c1-20-18-10-13(19-20)9-17-15(21)16-8-12-7-14(12)11-5-3-2-4-6-11/h2-6,10,12,14H,7-9H2,1H3,(H2,16,17,21)/t12-,14-/m0/s1. The normalized spacial score (nSPS) is 20.0. The van der Waals surface area contributed by atoms with E-state index in [0.29, 0.717) is 24.9 Å². The number of hydrogen-bond donors (Lipinski definition) is 2. The van der Waals surface area contributed by atoms with Gasteiger partial charge in [-0.3, -0.25) is 0 Å². The zero-order chi connectivity index (χ0) is 14.7. The molecule has 21 heavy (non-hydrogen) atoms. The van der Waals surface area contributed by atoms with Crippen LogP contribution in [0.3, 0.4) is 0 Å². The molecule has 0 bridgehead atoms. The van der Waals surface area contributed by atoms with Gasteiger partial charge in [0.25, 0.3) is 0 Å². The Hall–Kier alpha value is -2.37. The van der Waals surface area contributed by atoms with Gasteiger partial charge in [-0.05, 0) is 23.8 Å². The second kappa shape index (κ2) is 5.95. The van der Waals surface area contributed by atoms with Gasteiger partial charge in [0, 0.05) is 13.6 Å². The van der Waals surface area contributed by atoms with Gasteiger partial charge in [-0.2, -0.15) is 15.0 Å². The van der Waals surface area contributed by atoms with Crippen LogP contribution in [-0.4, -0.2) is 27.6 Å². The minimum absolute atomic E-state index is 0.153. The van der Waals surface area contributed by atoms with Crippen molar-refractivity contribution >= 4 is 6.03 Å². The number of urea groups is 1. The number of nitrogens with one attached hydrogen (secondary N) is 2. The highest BCUT2D eigenvalue weighted by Crippen LogP contribution is 2.46. The number of rotatable bonds is 5. The van der Waals surface area contributed by atoms with Crippen LogP contribution in [0, 0.1) is 5.92 Å². The molecule has 0 spiro atoms. The van der Waals surface area contributed by atoms with Crippen LogP contribution in [0.25, 0.3) is 0 Å². The lowest BCUT2D eigenvalue weighted by atomic mass is 10.1. The molecule has 2 aromatic rings. The number of carbonyl (C=O) groups is 1. The van der Waals surface area contributed by atoms with E-state index in [-0.39, 0.29) is 6.03 Å². The Morgan fingerprint density at radius 3 is 2.86 bits per heavy atom. The fourth-order valence-corrected chi connectivity index (χ4v) is 2.51. The molecule has 0 radical (unpaired) electrons. The van der Waals surface area contributed by atoms with E-state index in [9.17, 15) is 4.79 Å². The van der Waals surface area contributed by atoms with Gasteiger partial charge in [0.15, 0.2) is 0 Å². The molecule has 1 heterocycles. The maximum Gasteiger partial charge on any atom is 0.315 e. The highest BCUT2D eigenvalue weighted by Gasteiger charge is 2.37. The lowest BCUT2D eigenvalue weighted by molar-refractivity contribution is 0.240. The Bertz CT molecular complexity index is 610. The van der Waals surface area contributed by atoms with Crippen molar-refractivity contribution < 1.29 is 4.79 Å². The topological polar surface area (TPSA) is 71.8 Å². The Labute approximate surface area is 123 Å². The molecule has 2 atom stereocenters. The fraction of sp³-hybridized carbons (Fsp3) is 0.400. The first-order valence-corrected chi connectivity index (χ1v) is 7.14. The number of aryl methyl sites for hydroxylation is 1. The number of nitrogens with zero attached hydrogens (tertiary/aromatic N) is 3. The number of benzene rings is 1. The fourth-order valence-electron chi connectivity index (χ4n) is 2.51. The van der Waals surface area contributed by atoms with Gasteiger partial charge in [-0.15, -0.1) is 0 Å². The summed E-state index contributed by atoms with van der Waals surface area (Å²) in [5.74, 6) is 1.14. The van der Waals surface area contributed by atoms with E-state index in [0.717, 1.165) is 12.1 Å². The molecule has 1 aromatic heterocycles. The van der Waals surface area contributed by atoms with Crippen molar-refractivity contribution in [2.45, 2.75) is 18.9 Å². The zero-order valence-corrected chi connectivity index (χ0v) is 12.0. The Morgan fingerprint density at radius 1 is 1.33 bits per heavy atom.